The standard InChI is InChI=1S/C19H22ClN5O2/c1-4-25-19(22-23-24-25)21-11-15-9-17(26-3)18(10-16(15)20)27-12-14-7-5-13(2)6-8-14/h5-10H,4,11-12H2,1-3H3,(H,21,22,24). The number of rotatable bonds is 8. The van der Waals surface area contributed by atoms with Crippen LogP contribution in [0.15, 0.2) is 36.4 Å². The Labute approximate surface area is 163 Å². The van der Waals surface area contributed by atoms with E-state index >= 15 is 0 Å². The first kappa shape index (κ1) is 19.0. The van der Waals surface area contributed by atoms with Gasteiger partial charge in [-0.3, -0.25) is 0 Å². The Morgan fingerprint density at radius 1 is 1.15 bits per heavy atom. The number of aromatic nitrogens is 4. The molecule has 0 spiro atoms. The number of anilines is 1. The van der Waals surface area contributed by atoms with Crippen molar-refractivity contribution in [1.29, 1.82) is 0 Å². The minimum Gasteiger partial charge on any atom is -0.493 e. The molecule has 0 aliphatic heterocycles. The molecular formula is C19H22ClN5O2. The fourth-order valence-electron chi connectivity index (χ4n) is 2.55. The van der Waals surface area contributed by atoms with Crippen LogP contribution < -0.4 is 14.8 Å². The SMILES string of the molecule is CCn1nnnc1NCc1cc(OC)c(OCc2ccc(C)cc2)cc1Cl. The number of benzene rings is 2. The quantitative estimate of drug-likeness (QED) is 0.632. The zero-order valence-electron chi connectivity index (χ0n) is 15.6. The lowest BCUT2D eigenvalue weighted by molar-refractivity contribution is 0.284. The van der Waals surface area contributed by atoms with E-state index in [0.29, 0.717) is 42.2 Å². The Morgan fingerprint density at radius 2 is 1.93 bits per heavy atom. The van der Waals surface area contributed by atoms with E-state index in [0.717, 1.165) is 11.1 Å². The van der Waals surface area contributed by atoms with Gasteiger partial charge in [-0.05, 0) is 41.5 Å². The summed E-state index contributed by atoms with van der Waals surface area (Å²) in [6.07, 6.45) is 0. The van der Waals surface area contributed by atoms with Crippen LogP contribution in [-0.2, 0) is 19.7 Å². The molecule has 7 nitrogen and oxygen atoms in total. The second-order valence-electron chi connectivity index (χ2n) is 6.04. The van der Waals surface area contributed by atoms with E-state index in [1.54, 1.807) is 17.9 Å². The van der Waals surface area contributed by atoms with Crippen LogP contribution >= 0.6 is 11.6 Å². The third-order valence-corrected chi connectivity index (χ3v) is 4.47. The van der Waals surface area contributed by atoms with Crippen LogP contribution in [-0.4, -0.2) is 27.3 Å². The molecule has 0 radical (unpaired) electrons. The largest absolute Gasteiger partial charge is 0.493 e. The average molecular weight is 388 g/mol. The number of tetrazole rings is 1. The van der Waals surface area contributed by atoms with Crippen molar-refractivity contribution in [3.8, 4) is 11.5 Å². The highest BCUT2D eigenvalue weighted by Gasteiger charge is 2.12. The molecule has 0 atom stereocenters. The molecule has 0 unspecified atom stereocenters. The van der Waals surface area contributed by atoms with E-state index in [1.807, 2.05) is 25.1 Å². The number of halogens is 1. The van der Waals surface area contributed by atoms with Crippen LogP contribution in [0.5, 0.6) is 11.5 Å². The Morgan fingerprint density at radius 3 is 2.63 bits per heavy atom. The molecule has 0 saturated carbocycles. The molecule has 2 aromatic carbocycles. The Bertz CT molecular complexity index is 896. The van der Waals surface area contributed by atoms with Gasteiger partial charge in [-0.15, -0.1) is 0 Å². The topological polar surface area (TPSA) is 74.1 Å². The Kier molecular flexibility index (Phi) is 6.13. The highest BCUT2D eigenvalue weighted by Crippen LogP contribution is 2.34. The monoisotopic (exact) mass is 387 g/mol. The molecule has 27 heavy (non-hydrogen) atoms. The fourth-order valence-corrected chi connectivity index (χ4v) is 2.77. The minimum atomic E-state index is 0.440. The number of nitrogens with zero attached hydrogens (tertiary/aromatic N) is 4. The summed E-state index contributed by atoms with van der Waals surface area (Å²) >= 11 is 6.44. The molecule has 0 aliphatic rings. The number of methoxy groups -OCH3 is 1. The summed E-state index contributed by atoms with van der Waals surface area (Å²) in [7, 11) is 1.61. The number of hydrogen-bond donors (Lipinski definition) is 1. The highest BCUT2D eigenvalue weighted by molar-refractivity contribution is 6.31. The normalized spacial score (nSPS) is 10.7. The molecule has 0 saturated heterocycles. The maximum Gasteiger partial charge on any atom is 0.243 e. The molecule has 0 fully saturated rings. The van der Waals surface area contributed by atoms with Crippen molar-refractivity contribution < 1.29 is 9.47 Å². The molecule has 0 amide bonds. The second kappa shape index (κ2) is 8.73. The summed E-state index contributed by atoms with van der Waals surface area (Å²) in [5.74, 6) is 1.82. The summed E-state index contributed by atoms with van der Waals surface area (Å²) < 4.78 is 13.1. The van der Waals surface area contributed by atoms with Crippen molar-refractivity contribution >= 4 is 17.5 Å². The summed E-state index contributed by atoms with van der Waals surface area (Å²) in [4.78, 5) is 0. The molecule has 0 bridgehead atoms. The lowest BCUT2D eigenvalue weighted by Crippen LogP contribution is -2.08. The van der Waals surface area contributed by atoms with E-state index in [1.165, 1.54) is 5.56 Å². The first-order chi connectivity index (χ1) is 13.1. The number of nitrogens with one attached hydrogen (secondary N) is 1. The van der Waals surface area contributed by atoms with Crippen molar-refractivity contribution in [3.63, 3.8) is 0 Å². The second-order valence-corrected chi connectivity index (χ2v) is 6.45. The number of aryl methyl sites for hydroxylation is 2. The summed E-state index contributed by atoms with van der Waals surface area (Å²) in [6.45, 7) is 5.61. The zero-order chi connectivity index (χ0) is 19.2. The minimum absolute atomic E-state index is 0.440. The van der Waals surface area contributed by atoms with Gasteiger partial charge in [0.25, 0.3) is 0 Å². The van der Waals surface area contributed by atoms with E-state index in [-0.39, 0.29) is 0 Å². The highest BCUT2D eigenvalue weighted by atomic mass is 35.5. The molecule has 0 aliphatic carbocycles. The van der Waals surface area contributed by atoms with Crippen LogP contribution in [0.3, 0.4) is 0 Å². The van der Waals surface area contributed by atoms with Crippen molar-refractivity contribution in [3.05, 3.63) is 58.1 Å². The molecule has 1 N–H and O–H groups in total. The van der Waals surface area contributed by atoms with Crippen molar-refractivity contribution in [2.24, 2.45) is 0 Å². The molecule has 3 rings (SSSR count). The third-order valence-electron chi connectivity index (χ3n) is 4.12. The van der Waals surface area contributed by atoms with Crippen molar-refractivity contribution in [2.75, 3.05) is 12.4 Å². The van der Waals surface area contributed by atoms with E-state index in [4.69, 9.17) is 21.1 Å². The van der Waals surface area contributed by atoms with Gasteiger partial charge >= 0.3 is 0 Å². The summed E-state index contributed by atoms with van der Waals surface area (Å²) in [5.41, 5.74) is 3.16. The first-order valence-electron chi connectivity index (χ1n) is 8.65. The molecule has 1 aromatic heterocycles. The number of hydrogen-bond acceptors (Lipinski definition) is 6. The molecule has 8 heteroatoms. The van der Waals surface area contributed by atoms with Gasteiger partial charge in [0.2, 0.25) is 5.95 Å². The Hall–Kier alpha value is -2.80. The van der Waals surface area contributed by atoms with Gasteiger partial charge in [0.05, 0.1) is 7.11 Å². The molecule has 3 aromatic rings. The number of ether oxygens (including phenoxy) is 2. The molecule has 1 heterocycles. The van der Waals surface area contributed by atoms with Gasteiger partial charge < -0.3 is 14.8 Å². The summed E-state index contributed by atoms with van der Waals surface area (Å²) in [5, 5.41) is 15.3. The van der Waals surface area contributed by atoms with Crippen LogP contribution in [0.2, 0.25) is 5.02 Å². The molecule has 142 valence electrons. The predicted molar refractivity (Wildman–Crippen MR) is 104 cm³/mol. The lowest BCUT2D eigenvalue weighted by Gasteiger charge is -2.14. The van der Waals surface area contributed by atoms with Gasteiger partial charge in [0.15, 0.2) is 11.5 Å². The predicted octanol–water partition coefficient (Wildman–Crippen LogP) is 3.85. The lowest BCUT2D eigenvalue weighted by atomic mass is 10.1. The van der Waals surface area contributed by atoms with Crippen LogP contribution in [0.1, 0.15) is 23.6 Å². The smallest absolute Gasteiger partial charge is 0.243 e. The fraction of sp³-hybridized carbons (Fsp3) is 0.316. The van der Waals surface area contributed by atoms with Crippen molar-refractivity contribution in [2.45, 2.75) is 33.5 Å². The van der Waals surface area contributed by atoms with Crippen molar-refractivity contribution in [1.82, 2.24) is 20.2 Å². The van der Waals surface area contributed by atoms with Gasteiger partial charge in [-0.2, -0.15) is 0 Å². The van der Waals surface area contributed by atoms with E-state index in [2.05, 4.69) is 39.9 Å². The summed E-state index contributed by atoms with van der Waals surface area (Å²) in [6, 6.07) is 11.8. The van der Waals surface area contributed by atoms with E-state index < -0.39 is 0 Å². The maximum absolute atomic E-state index is 6.44. The van der Waals surface area contributed by atoms with Crippen LogP contribution in [0.4, 0.5) is 5.95 Å². The molecular weight excluding hydrogens is 366 g/mol. The first-order valence-corrected chi connectivity index (χ1v) is 9.03. The van der Waals surface area contributed by atoms with Gasteiger partial charge in [0.1, 0.15) is 6.61 Å². The Balaban J connectivity index is 1.71. The van der Waals surface area contributed by atoms with E-state index in [9.17, 15) is 0 Å². The van der Waals surface area contributed by atoms with Crippen LogP contribution in [0, 0.1) is 6.92 Å². The van der Waals surface area contributed by atoms with Gasteiger partial charge in [-0.1, -0.05) is 46.5 Å². The van der Waals surface area contributed by atoms with Crippen LogP contribution in [0.25, 0.3) is 0 Å². The third kappa shape index (κ3) is 4.68. The zero-order valence-corrected chi connectivity index (χ0v) is 16.3. The van der Waals surface area contributed by atoms with Gasteiger partial charge in [0, 0.05) is 24.2 Å². The van der Waals surface area contributed by atoms with Gasteiger partial charge in [-0.25, -0.2) is 4.68 Å². The maximum atomic E-state index is 6.44. The average Bonchev–Trinajstić information content (AvgIpc) is 3.14.